The molecule has 0 bridgehead atoms. The van der Waals surface area contributed by atoms with Crippen LogP contribution in [-0.4, -0.2) is 49.3 Å². The predicted molar refractivity (Wildman–Crippen MR) is 68.8 cm³/mol. The molecule has 2 saturated heterocycles. The Morgan fingerprint density at radius 1 is 1.32 bits per heavy atom. The van der Waals surface area contributed by atoms with Crippen molar-refractivity contribution in [1.29, 1.82) is 0 Å². The summed E-state index contributed by atoms with van der Waals surface area (Å²) in [4.78, 5) is 23.5. The van der Waals surface area contributed by atoms with Gasteiger partial charge in [-0.05, 0) is 32.2 Å². The van der Waals surface area contributed by atoms with Gasteiger partial charge in [-0.1, -0.05) is 6.42 Å². The van der Waals surface area contributed by atoms with Gasteiger partial charge in [-0.15, -0.1) is 0 Å². The van der Waals surface area contributed by atoms with Crippen LogP contribution >= 0.6 is 0 Å². The van der Waals surface area contributed by atoms with Gasteiger partial charge in [0.2, 0.25) is 5.91 Å². The lowest BCUT2D eigenvalue weighted by Gasteiger charge is -2.34. The molecule has 0 saturated carbocycles. The third-order valence-electron chi connectivity index (χ3n) is 4.13. The van der Waals surface area contributed by atoms with Crippen molar-refractivity contribution in [2.45, 2.75) is 38.1 Å². The quantitative estimate of drug-likeness (QED) is 0.675. The van der Waals surface area contributed by atoms with E-state index in [0.29, 0.717) is 26.1 Å². The number of nitrogens with one attached hydrogen (secondary N) is 2. The van der Waals surface area contributed by atoms with E-state index in [1.54, 1.807) is 0 Å². The Labute approximate surface area is 112 Å². The van der Waals surface area contributed by atoms with E-state index in [2.05, 4.69) is 10.6 Å². The van der Waals surface area contributed by atoms with Gasteiger partial charge in [0, 0.05) is 19.8 Å². The van der Waals surface area contributed by atoms with Gasteiger partial charge in [-0.3, -0.25) is 9.59 Å². The summed E-state index contributed by atoms with van der Waals surface area (Å²) in [7, 11) is 0. The number of hydrogen-bond donors (Lipinski definition) is 3. The highest BCUT2D eigenvalue weighted by molar-refractivity contribution is 5.83. The first-order chi connectivity index (χ1) is 9.14. The molecule has 3 N–H and O–H groups in total. The molecule has 2 heterocycles. The Morgan fingerprint density at radius 2 is 2.05 bits per heavy atom. The van der Waals surface area contributed by atoms with Gasteiger partial charge < -0.3 is 20.5 Å². The van der Waals surface area contributed by atoms with E-state index in [0.717, 1.165) is 25.8 Å². The minimum absolute atomic E-state index is 0.0770. The lowest BCUT2D eigenvalue weighted by atomic mass is 9.80. The average molecular weight is 270 g/mol. The van der Waals surface area contributed by atoms with Gasteiger partial charge in [-0.25, -0.2) is 0 Å². The summed E-state index contributed by atoms with van der Waals surface area (Å²) in [6.07, 6.45) is 3.89. The van der Waals surface area contributed by atoms with Crippen molar-refractivity contribution in [3.8, 4) is 0 Å². The molecule has 0 spiro atoms. The SMILES string of the molecule is O=C(NCC1(C(=O)O)CCOCC1)C1CCCCN1. The highest BCUT2D eigenvalue weighted by Crippen LogP contribution is 2.30. The van der Waals surface area contributed by atoms with Crippen LogP contribution in [0.1, 0.15) is 32.1 Å². The predicted octanol–water partition coefficient (Wildman–Crippen LogP) is 0.126. The lowest BCUT2D eigenvalue weighted by Crippen LogP contribution is -2.52. The van der Waals surface area contributed by atoms with E-state index in [-0.39, 0.29) is 18.5 Å². The standard InChI is InChI=1S/C13H22N2O4/c16-11(10-3-1-2-6-14-10)15-9-13(12(17)18)4-7-19-8-5-13/h10,14H,1-9H2,(H,15,16)(H,17,18). The van der Waals surface area contributed by atoms with Crippen LogP contribution in [-0.2, 0) is 14.3 Å². The second kappa shape index (κ2) is 6.34. The number of carbonyl (C=O) groups is 2. The molecular weight excluding hydrogens is 248 g/mol. The number of rotatable bonds is 4. The molecule has 1 amide bonds. The van der Waals surface area contributed by atoms with Gasteiger partial charge >= 0.3 is 5.97 Å². The molecule has 19 heavy (non-hydrogen) atoms. The van der Waals surface area contributed by atoms with Crippen LogP contribution in [0, 0.1) is 5.41 Å². The number of ether oxygens (including phenoxy) is 1. The van der Waals surface area contributed by atoms with Gasteiger partial charge in [0.05, 0.1) is 11.5 Å². The molecule has 108 valence electrons. The molecule has 2 rings (SSSR count). The summed E-state index contributed by atoms with van der Waals surface area (Å²) in [5.41, 5.74) is -0.859. The average Bonchev–Trinajstić information content (AvgIpc) is 2.46. The molecule has 2 aliphatic rings. The fourth-order valence-electron chi connectivity index (χ4n) is 2.68. The number of carbonyl (C=O) groups excluding carboxylic acids is 1. The van der Waals surface area contributed by atoms with Crippen LogP contribution in [0.2, 0.25) is 0 Å². The summed E-state index contributed by atoms with van der Waals surface area (Å²) in [6, 6.07) is -0.167. The molecule has 0 aliphatic carbocycles. The second-order valence-corrected chi connectivity index (χ2v) is 5.42. The van der Waals surface area contributed by atoms with E-state index in [1.165, 1.54) is 0 Å². The van der Waals surface area contributed by atoms with Crippen molar-refractivity contribution < 1.29 is 19.4 Å². The second-order valence-electron chi connectivity index (χ2n) is 5.42. The highest BCUT2D eigenvalue weighted by atomic mass is 16.5. The van der Waals surface area contributed by atoms with Crippen LogP contribution < -0.4 is 10.6 Å². The summed E-state index contributed by atoms with van der Waals surface area (Å²) >= 11 is 0. The van der Waals surface area contributed by atoms with Crippen LogP contribution in [0.4, 0.5) is 0 Å². The topological polar surface area (TPSA) is 87.7 Å². The smallest absolute Gasteiger partial charge is 0.311 e. The Morgan fingerprint density at radius 3 is 2.63 bits per heavy atom. The van der Waals surface area contributed by atoms with E-state index < -0.39 is 11.4 Å². The molecule has 1 atom stereocenters. The maximum atomic E-state index is 12.0. The zero-order chi connectivity index (χ0) is 13.7. The van der Waals surface area contributed by atoms with Gasteiger partial charge in [0.25, 0.3) is 0 Å². The molecule has 0 aromatic carbocycles. The fourth-order valence-corrected chi connectivity index (χ4v) is 2.68. The molecule has 1 unspecified atom stereocenters. The first kappa shape index (κ1) is 14.3. The summed E-state index contributed by atoms with van der Waals surface area (Å²) in [5.74, 6) is -0.917. The van der Waals surface area contributed by atoms with E-state index in [9.17, 15) is 14.7 Å². The van der Waals surface area contributed by atoms with Crippen molar-refractivity contribution in [2.75, 3.05) is 26.3 Å². The largest absolute Gasteiger partial charge is 0.481 e. The highest BCUT2D eigenvalue weighted by Gasteiger charge is 2.40. The molecule has 2 fully saturated rings. The summed E-state index contributed by atoms with van der Waals surface area (Å²) in [5, 5.41) is 15.4. The maximum absolute atomic E-state index is 12.0. The van der Waals surface area contributed by atoms with Crippen LogP contribution in [0.3, 0.4) is 0 Å². The number of aliphatic carboxylic acids is 1. The zero-order valence-corrected chi connectivity index (χ0v) is 11.1. The van der Waals surface area contributed by atoms with Crippen LogP contribution in [0.15, 0.2) is 0 Å². The Bertz CT molecular complexity index is 334. The molecule has 0 aromatic heterocycles. The molecular formula is C13H22N2O4. The minimum atomic E-state index is -0.859. The Kier molecular flexibility index (Phi) is 4.76. The number of carboxylic acids is 1. The van der Waals surface area contributed by atoms with Crippen molar-refractivity contribution in [2.24, 2.45) is 5.41 Å². The first-order valence-electron chi connectivity index (χ1n) is 6.96. The normalized spacial score (nSPS) is 26.6. The Hall–Kier alpha value is -1.14. The van der Waals surface area contributed by atoms with Crippen molar-refractivity contribution in [1.82, 2.24) is 10.6 Å². The lowest BCUT2D eigenvalue weighted by molar-refractivity contribution is -0.154. The fraction of sp³-hybridized carbons (Fsp3) is 0.846. The summed E-state index contributed by atoms with van der Waals surface area (Å²) in [6.45, 7) is 1.95. The van der Waals surface area contributed by atoms with Crippen molar-refractivity contribution >= 4 is 11.9 Å². The van der Waals surface area contributed by atoms with Crippen LogP contribution in [0.5, 0.6) is 0 Å². The maximum Gasteiger partial charge on any atom is 0.311 e. The van der Waals surface area contributed by atoms with Gasteiger partial charge in [-0.2, -0.15) is 0 Å². The van der Waals surface area contributed by atoms with Crippen molar-refractivity contribution in [3.05, 3.63) is 0 Å². The summed E-state index contributed by atoms with van der Waals surface area (Å²) < 4.78 is 5.21. The third kappa shape index (κ3) is 3.45. The molecule has 2 aliphatic heterocycles. The number of amides is 1. The van der Waals surface area contributed by atoms with E-state index in [4.69, 9.17) is 4.74 Å². The molecule has 0 aromatic rings. The zero-order valence-electron chi connectivity index (χ0n) is 11.1. The van der Waals surface area contributed by atoms with E-state index in [1.807, 2.05) is 0 Å². The molecule has 6 heteroatoms. The monoisotopic (exact) mass is 270 g/mol. The van der Waals surface area contributed by atoms with E-state index >= 15 is 0 Å². The minimum Gasteiger partial charge on any atom is -0.481 e. The van der Waals surface area contributed by atoms with Crippen LogP contribution in [0.25, 0.3) is 0 Å². The van der Waals surface area contributed by atoms with Gasteiger partial charge in [0.1, 0.15) is 0 Å². The number of piperidine rings is 1. The van der Waals surface area contributed by atoms with Crippen molar-refractivity contribution in [3.63, 3.8) is 0 Å². The molecule has 0 radical (unpaired) electrons. The number of hydrogen-bond acceptors (Lipinski definition) is 4. The Balaban J connectivity index is 1.87. The molecule has 6 nitrogen and oxygen atoms in total. The number of carboxylic acid groups (broad SMARTS) is 1. The van der Waals surface area contributed by atoms with Gasteiger partial charge in [0.15, 0.2) is 0 Å². The first-order valence-corrected chi connectivity index (χ1v) is 6.96. The third-order valence-corrected chi connectivity index (χ3v) is 4.13.